The number of phenols is 1. The van der Waals surface area contributed by atoms with E-state index in [-0.39, 0.29) is 0 Å². The smallest absolute Gasteiger partial charge is 0.115 e. The fourth-order valence-electron chi connectivity index (χ4n) is 6.09. The van der Waals surface area contributed by atoms with Gasteiger partial charge in [-0.25, -0.2) is 0 Å². The summed E-state index contributed by atoms with van der Waals surface area (Å²) < 4.78 is 0. The van der Waals surface area contributed by atoms with E-state index in [1.165, 1.54) is 55.3 Å². The lowest BCUT2D eigenvalue weighted by Crippen LogP contribution is -2.60. The minimum Gasteiger partial charge on any atom is -0.508 e. The summed E-state index contributed by atoms with van der Waals surface area (Å²) in [4.78, 5) is 2.75. The zero-order valence-corrected chi connectivity index (χ0v) is 14.8. The third kappa shape index (κ3) is 2.42. The van der Waals surface area contributed by atoms with Gasteiger partial charge in [-0.05, 0) is 67.0 Å². The van der Waals surface area contributed by atoms with Crippen molar-refractivity contribution in [3.05, 3.63) is 65.2 Å². The molecule has 0 aromatic heterocycles. The lowest BCUT2D eigenvalue weighted by atomic mass is 9.52. The van der Waals surface area contributed by atoms with E-state index < -0.39 is 0 Å². The van der Waals surface area contributed by atoms with E-state index in [4.69, 9.17) is 0 Å². The van der Waals surface area contributed by atoms with E-state index in [2.05, 4.69) is 47.4 Å². The Hall–Kier alpha value is -1.80. The second-order valence-corrected chi connectivity index (χ2v) is 8.33. The van der Waals surface area contributed by atoms with E-state index in [0.29, 0.717) is 17.2 Å². The molecule has 5 rings (SSSR count). The summed E-state index contributed by atoms with van der Waals surface area (Å²) in [6.07, 6.45) is 7.77. The molecule has 3 atom stereocenters. The monoisotopic (exact) mass is 333 g/mol. The Morgan fingerprint density at radius 3 is 2.80 bits per heavy atom. The standard InChI is InChI=1S/C23H27NO/c25-19-10-9-18-14-22-20-8-4-5-11-23(20,21(18)15-19)12-13-24(22)16-17-6-2-1-3-7-17/h1-3,6-7,9-10,15,20,22,25H,4-5,8,11-14,16H2/t20?,22?,23-/m0/s1. The number of piperidine rings is 1. The van der Waals surface area contributed by atoms with Crippen LogP contribution in [0.5, 0.6) is 5.75 Å². The maximum Gasteiger partial charge on any atom is 0.115 e. The number of aromatic hydroxyl groups is 1. The molecule has 25 heavy (non-hydrogen) atoms. The summed E-state index contributed by atoms with van der Waals surface area (Å²) in [5.41, 5.74) is 4.72. The Morgan fingerprint density at radius 2 is 1.92 bits per heavy atom. The first-order chi connectivity index (χ1) is 12.3. The Kier molecular flexibility index (Phi) is 3.63. The minimum atomic E-state index is 0.322. The van der Waals surface area contributed by atoms with Crippen LogP contribution in [-0.4, -0.2) is 22.6 Å². The van der Waals surface area contributed by atoms with Crippen molar-refractivity contribution in [2.24, 2.45) is 5.92 Å². The largest absolute Gasteiger partial charge is 0.508 e. The zero-order valence-electron chi connectivity index (χ0n) is 14.8. The van der Waals surface area contributed by atoms with Gasteiger partial charge < -0.3 is 5.11 Å². The van der Waals surface area contributed by atoms with E-state index in [9.17, 15) is 5.11 Å². The zero-order chi connectivity index (χ0) is 16.9. The number of hydrogen-bond donors (Lipinski definition) is 1. The van der Waals surface area contributed by atoms with Crippen molar-refractivity contribution in [1.29, 1.82) is 0 Å². The molecule has 3 aliphatic rings. The predicted octanol–water partition coefficient (Wildman–Crippen LogP) is 4.65. The summed E-state index contributed by atoms with van der Waals surface area (Å²) in [6.45, 7) is 2.26. The molecule has 2 heteroatoms. The molecule has 2 bridgehead atoms. The Bertz CT molecular complexity index is 771. The van der Waals surface area contributed by atoms with Gasteiger partial charge in [-0.15, -0.1) is 0 Å². The highest BCUT2D eigenvalue weighted by molar-refractivity contribution is 5.45. The summed E-state index contributed by atoms with van der Waals surface area (Å²) in [7, 11) is 0. The summed E-state index contributed by atoms with van der Waals surface area (Å²) in [5.74, 6) is 1.20. The number of phenolic OH excluding ortho intramolecular Hbond substituents is 1. The highest BCUT2D eigenvalue weighted by Crippen LogP contribution is 2.56. The lowest BCUT2D eigenvalue weighted by Gasteiger charge is -2.59. The molecule has 0 spiro atoms. The van der Waals surface area contributed by atoms with Crippen LogP contribution in [0.15, 0.2) is 48.5 Å². The van der Waals surface area contributed by atoms with Gasteiger partial charge in [0.05, 0.1) is 0 Å². The fraction of sp³-hybridized carbons (Fsp3) is 0.478. The van der Waals surface area contributed by atoms with Crippen molar-refractivity contribution in [3.8, 4) is 5.75 Å². The average molecular weight is 333 g/mol. The first kappa shape index (κ1) is 15.5. The Balaban J connectivity index is 1.54. The molecule has 0 amide bonds. The van der Waals surface area contributed by atoms with Gasteiger partial charge in [-0.1, -0.05) is 49.2 Å². The Morgan fingerprint density at radius 1 is 1.04 bits per heavy atom. The van der Waals surface area contributed by atoms with Gasteiger partial charge in [0.15, 0.2) is 0 Å². The van der Waals surface area contributed by atoms with Crippen LogP contribution in [-0.2, 0) is 18.4 Å². The molecular weight excluding hydrogens is 306 g/mol. The van der Waals surface area contributed by atoms with Gasteiger partial charge in [0, 0.05) is 18.0 Å². The van der Waals surface area contributed by atoms with Crippen molar-refractivity contribution in [3.63, 3.8) is 0 Å². The normalized spacial score (nSPS) is 31.2. The molecule has 130 valence electrons. The van der Waals surface area contributed by atoms with Gasteiger partial charge >= 0.3 is 0 Å². The van der Waals surface area contributed by atoms with Crippen LogP contribution in [0.4, 0.5) is 0 Å². The van der Waals surface area contributed by atoms with Crippen molar-refractivity contribution in [2.45, 2.75) is 56.5 Å². The van der Waals surface area contributed by atoms with Crippen molar-refractivity contribution >= 4 is 0 Å². The maximum absolute atomic E-state index is 10.1. The number of nitrogens with zero attached hydrogens (tertiary/aromatic N) is 1. The van der Waals surface area contributed by atoms with Crippen molar-refractivity contribution in [1.82, 2.24) is 4.90 Å². The average Bonchev–Trinajstić information content (AvgIpc) is 2.65. The molecule has 2 fully saturated rings. The molecule has 2 unspecified atom stereocenters. The topological polar surface area (TPSA) is 23.5 Å². The molecule has 1 saturated carbocycles. The van der Waals surface area contributed by atoms with Crippen LogP contribution in [0.2, 0.25) is 0 Å². The number of benzene rings is 2. The quantitative estimate of drug-likeness (QED) is 0.864. The van der Waals surface area contributed by atoms with Gasteiger partial charge in [0.1, 0.15) is 5.75 Å². The first-order valence-corrected chi connectivity index (χ1v) is 9.87. The molecule has 2 aliphatic carbocycles. The van der Waals surface area contributed by atoms with Gasteiger partial charge in [-0.2, -0.15) is 0 Å². The van der Waals surface area contributed by atoms with Crippen LogP contribution >= 0.6 is 0 Å². The van der Waals surface area contributed by atoms with Gasteiger partial charge in [0.25, 0.3) is 0 Å². The number of hydrogen-bond acceptors (Lipinski definition) is 2. The summed E-state index contributed by atoms with van der Waals surface area (Å²) in [5, 5.41) is 10.1. The first-order valence-electron chi connectivity index (χ1n) is 9.87. The fourth-order valence-corrected chi connectivity index (χ4v) is 6.09. The van der Waals surface area contributed by atoms with Crippen molar-refractivity contribution in [2.75, 3.05) is 6.54 Å². The second kappa shape index (κ2) is 5.88. The van der Waals surface area contributed by atoms with Crippen LogP contribution in [0.3, 0.4) is 0 Å². The highest BCUT2D eigenvalue weighted by atomic mass is 16.3. The molecule has 0 radical (unpaired) electrons. The van der Waals surface area contributed by atoms with Crippen molar-refractivity contribution < 1.29 is 5.11 Å². The molecule has 1 aliphatic heterocycles. The van der Waals surface area contributed by atoms with Gasteiger partial charge in [0.2, 0.25) is 0 Å². The molecule has 1 N–H and O–H groups in total. The summed E-state index contributed by atoms with van der Waals surface area (Å²) in [6, 6.07) is 17.8. The molecule has 2 aromatic carbocycles. The van der Waals surface area contributed by atoms with Crippen LogP contribution < -0.4 is 0 Å². The lowest BCUT2D eigenvalue weighted by molar-refractivity contribution is -0.0157. The number of rotatable bonds is 2. The SMILES string of the molecule is Oc1ccc2c(c1)[C@]13CCCCC1C(C2)N(Cc1ccccc1)CC3. The van der Waals surface area contributed by atoms with E-state index in [1.54, 1.807) is 0 Å². The number of likely N-dealkylation sites (tertiary alicyclic amines) is 1. The third-order valence-electron chi connectivity index (χ3n) is 7.16. The predicted molar refractivity (Wildman–Crippen MR) is 101 cm³/mol. The maximum atomic E-state index is 10.1. The van der Waals surface area contributed by atoms with Gasteiger partial charge in [-0.3, -0.25) is 4.90 Å². The molecular formula is C23H27NO. The van der Waals surface area contributed by atoms with E-state index in [1.807, 2.05) is 6.07 Å². The Labute approximate surface area is 150 Å². The van der Waals surface area contributed by atoms with Crippen LogP contribution in [0.1, 0.15) is 48.8 Å². The van der Waals surface area contributed by atoms with Crippen LogP contribution in [0.25, 0.3) is 0 Å². The minimum absolute atomic E-state index is 0.322. The number of fused-ring (bicyclic) bond motifs is 1. The summed E-state index contributed by atoms with van der Waals surface area (Å²) >= 11 is 0. The van der Waals surface area contributed by atoms with Crippen LogP contribution in [0, 0.1) is 5.92 Å². The van der Waals surface area contributed by atoms with E-state index >= 15 is 0 Å². The second-order valence-electron chi connectivity index (χ2n) is 8.33. The van der Waals surface area contributed by atoms with E-state index in [0.717, 1.165) is 18.9 Å². The molecule has 2 nitrogen and oxygen atoms in total. The third-order valence-corrected chi connectivity index (χ3v) is 7.16. The molecule has 1 heterocycles. The molecule has 2 aromatic rings. The molecule has 1 saturated heterocycles. The highest BCUT2D eigenvalue weighted by Gasteiger charge is 2.53.